The first-order valence-electron chi connectivity index (χ1n) is 6.76. The van der Waals surface area contributed by atoms with Gasteiger partial charge in [-0.05, 0) is 24.6 Å². The number of carbonyl (C=O) groups excluding carboxylic acids is 2. The van der Waals surface area contributed by atoms with Gasteiger partial charge in [0.1, 0.15) is 0 Å². The largest absolute Gasteiger partial charge is 0.447 e. The van der Waals surface area contributed by atoms with Gasteiger partial charge in [0.05, 0.1) is 0 Å². The highest BCUT2D eigenvalue weighted by Crippen LogP contribution is 2.23. The van der Waals surface area contributed by atoms with Crippen LogP contribution in [-0.2, 0) is 14.3 Å². The molecule has 0 bridgehead atoms. The molecule has 1 N–H and O–H groups in total. The van der Waals surface area contributed by atoms with Crippen molar-refractivity contribution in [2.75, 3.05) is 5.32 Å². The summed E-state index contributed by atoms with van der Waals surface area (Å²) in [5.41, 5.74) is 2.07. The molecule has 2 aromatic rings. The van der Waals surface area contributed by atoms with E-state index in [-0.39, 0.29) is 0 Å². The summed E-state index contributed by atoms with van der Waals surface area (Å²) in [6.45, 7) is 3.14. The fourth-order valence-corrected chi connectivity index (χ4v) is 2.13. The molecule has 0 radical (unpaired) electrons. The maximum absolute atomic E-state index is 12.4. The van der Waals surface area contributed by atoms with Crippen LogP contribution in [0, 0.1) is 6.92 Å². The first-order chi connectivity index (χ1) is 10.5. The number of carbonyl (C=O) groups is 2. The maximum Gasteiger partial charge on any atom is 0.303 e. The van der Waals surface area contributed by atoms with Crippen molar-refractivity contribution in [2.24, 2.45) is 0 Å². The molecule has 0 fully saturated rings. The highest BCUT2D eigenvalue weighted by atomic mass is 35.5. The minimum absolute atomic E-state index is 0.429. The van der Waals surface area contributed by atoms with Crippen molar-refractivity contribution < 1.29 is 14.3 Å². The molecule has 0 aliphatic heterocycles. The molecule has 0 aromatic heterocycles. The number of ether oxygens (including phenoxy) is 1. The Hall–Kier alpha value is -2.33. The lowest BCUT2D eigenvalue weighted by atomic mass is 10.1. The third-order valence-electron chi connectivity index (χ3n) is 3.06. The lowest BCUT2D eigenvalue weighted by Gasteiger charge is -2.17. The van der Waals surface area contributed by atoms with Gasteiger partial charge in [-0.15, -0.1) is 0 Å². The molecule has 0 saturated carbocycles. The third kappa shape index (κ3) is 4.09. The molecule has 0 unspecified atom stereocenters. The van der Waals surface area contributed by atoms with Gasteiger partial charge in [0.15, 0.2) is 0 Å². The van der Waals surface area contributed by atoms with Crippen molar-refractivity contribution >= 4 is 29.2 Å². The highest BCUT2D eigenvalue weighted by molar-refractivity contribution is 6.31. The molecule has 0 spiro atoms. The standard InChI is InChI=1S/C17H16ClNO3/c1-11-8-9-14(10-15(11)18)19-17(21)16(22-12(2)20)13-6-4-3-5-7-13/h3-10,16H,1-2H3,(H,19,21)/t16-/m1/s1. The minimum atomic E-state index is -1.00. The Balaban J connectivity index is 2.22. The van der Waals surface area contributed by atoms with Gasteiger partial charge in [-0.25, -0.2) is 0 Å². The zero-order valence-corrected chi connectivity index (χ0v) is 13.1. The van der Waals surface area contributed by atoms with Crippen molar-refractivity contribution in [3.8, 4) is 0 Å². The van der Waals surface area contributed by atoms with Crippen LogP contribution in [-0.4, -0.2) is 11.9 Å². The van der Waals surface area contributed by atoms with Crippen LogP contribution in [0.3, 0.4) is 0 Å². The molecular formula is C17H16ClNO3. The Morgan fingerprint density at radius 3 is 2.41 bits per heavy atom. The number of rotatable bonds is 4. The number of anilines is 1. The molecule has 1 amide bonds. The fourth-order valence-electron chi connectivity index (χ4n) is 1.95. The summed E-state index contributed by atoms with van der Waals surface area (Å²) < 4.78 is 5.14. The SMILES string of the molecule is CC(=O)O[C@@H](C(=O)Nc1ccc(C)c(Cl)c1)c1ccccc1. The summed E-state index contributed by atoms with van der Waals surface area (Å²) >= 11 is 6.04. The van der Waals surface area contributed by atoms with E-state index in [1.54, 1.807) is 42.5 Å². The number of aryl methyl sites for hydroxylation is 1. The monoisotopic (exact) mass is 317 g/mol. The van der Waals surface area contributed by atoms with Crippen molar-refractivity contribution in [3.05, 3.63) is 64.7 Å². The average Bonchev–Trinajstić information content (AvgIpc) is 2.49. The number of nitrogens with one attached hydrogen (secondary N) is 1. The van der Waals surface area contributed by atoms with Gasteiger partial charge >= 0.3 is 5.97 Å². The predicted octanol–water partition coefficient (Wildman–Crippen LogP) is 3.89. The van der Waals surface area contributed by atoms with Crippen LogP contribution in [0.5, 0.6) is 0 Å². The van der Waals surface area contributed by atoms with Gasteiger partial charge in [0.25, 0.3) is 5.91 Å². The summed E-state index contributed by atoms with van der Waals surface area (Å²) in [5.74, 6) is -0.952. The van der Waals surface area contributed by atoms with E-state index >= 15 is 0 Å². The lowest BCUT2D eigenvalue weighted by Crippen LogP contribution is -2.25. The first kappa shape index (κ1) is 16.0. The Kier molecular flexibility index (Phi) is 5.17. The first-order valence-corrected chi connectivity index (χ1v) is 7.14. The van der Waals surface area contributed by atoms with Crippen molar-refractivity contribution in [1.29, 1.82) is 0 Å². The van der Waals surface area contributed by atoms with E-state index in [1.807, 2.05) is 13.0 Å². The fraction of sp³-hybridized carbons (Fsp3) is 0.176. The van der Waals surface area contributed by atoms with Crippen LogP contribution in [0.4, 0.5) is 5.69 Å². The number of amides is 1. The minimum Gasteiger partial charge on any atom is -0.447 e. The predicted molar refractivity (Wildman–Crippen MR) is 85.8 cm³/mol. The normalized spacial score (nSPS) is 11.6. The van der Waals surface area contributed by atoms with Crippen molar-refractivity contribution in [3.63, 3.8) is 0 Å². The Labute approximate surface area is 134 Å². The number of halogens is 1. The molecule has 5 heteroatoms. The molecule has 0 heterocycles. The number of esters is 1. The molecule has 4 nitrogen and oxygen atoms in total. The summed E-state index contributed by atoms with van der Waals surface area (Å²) in [5, 5.41) is 3.27. The quantitative estimate of drug-likeness (QED) is 0.870. The van der Waals surface area contributed by atoms with E-state index < -0.39 is 18.0 Å². The molecule has 114 valence electrons. The molecule has 0 saturated heterocycles. The van der Waals surface area contributed by atoms with Crippen LogP contribution >= 0.6 is 11.6 Å². The van der Waals surface area contributed by atoms with Crippen molar-refractivity contribution in [2.45, 2.75) is 20.0 Å². The smallest absolute Gasteiger partial charge is 0.303 e. The van der Waals surface area contributed by atoms with E-state index in [0.717, 1.165) is 5.56 Å². The maximum atomic E-state index is 12.4. The third-order valence-corrected chi connectivity index (χ3v) is 3.47. The second-order valence-electron chi connectivity index (χ2n) is 4.85. The van der Waals surface area contributed by atoms with Gasteiger partial charge < -0.3 is 10.1 Å². The Morgan fingerprint density at radius 1 is 1.14 bits per heavy atom. The molecule has 1 atom stereocenters. The molecule has 2 rings (SSSR count). The van der Waals surface area contributed by atoms with Gasteiger partial charge in [0.2, 0.25) is 6.10 Å². The Bertz CT molecular complexity index is 686. The van der Waals surface area contributed by atoms with Crippen molar-refractivity contribution in [1.82, 2.24) is 0 Å². The number of hydrogen-bond donors (Lipinski definition) is 1. The van der Waals surface area contributed by atoms with Crippen LogP contribution < -0.4 is 5.32 Å². The zero-order valence-electron chi connectivity index (χ0n) is 12.3. The summed E-state index contributed by atoms with van der Waals surface area (Å²) in [4.78, 5) is 23.7. The number of benzene rings is 2. The summed E-state index contributed by atoms with van der Waals surface area (Å²) in [6.07, 6.45) is -1.00. The second-order valence-corrected chi connectivity index (χ2v) is 5.26. The lowest BCUT2D eigenvalue weighted by molar-refractivity contribution is -0.152. The van der Waals surface area contributed by atoms with Crippen LogP contribution in [0.2, 0.25) is 5.02 Å². The van der Waals surface area contributed by atoms with E-state index in [0.29, 0.717) is 16.3 Å². The molecule has 0 aliphatic carbocycles. The van der Waals surface area contributed by atoms with Crippen LogP contribution in [0.25, 0.3) is 0 Å². The zero-order chi connectivity index (χ0) is 16.1. The van der Waals surface area contributed by atoms with Crippen LogP contribution in [0.1, 0.15) is 24.2 Å². The molecule has 0 aliphatic rings. The van der Waals surface area contributed by atoms with E-state index in [2.05, 4.69) is 5.32 Å². The van der Waals surface area contributed by atoms with E-state index in [9.17, 15) is 9.59 Å². The van der Waals surface area contributed by atoms with E-state index in [4.69, 9.17) is 16.3 Å². The average molecular weight is 318 g/mol. The second kappa shape index (κ2) is 7.09. The van der Waals surface area contributed by atoms with Gasteiger partial charge in [0, 0.05) is 23.2 Å². The summed E-state index contributed by atoms with van der Waals surface area (Å²) in [7, 11) is 0. The highest BCUT2D eigenvalue weighted by Gasteiger charge is 2.23. The molecular weight excluding hydrogens is 302 g/mol. The molecule has 22 heavy (non-hydrogen) atoms. The van der Waals surface area contributed by atoms with Gasteiger partial charge in [-0.2, -0.15) is 0 Å². The van der Waals surface area contributed by atoms with E-state index in [1.165, 1.54) is 6.92 Å². The molecule has 2 aromatic carbocycles. The van der Waals surface area contributed by atoms with Gasteiger partial charge in [-0.1, -0.05) is 48.0 Å². The van der Waals surface area contributed by atoms with Gasteiger partial charge in [-0.3, -0.25) is 9.59 Å². The van der Waals surface area contributed by atoms with Crippen LogP contribution in [0.15, 0.2) is 48.5 Å². The topological polar surface area (TPSA) is 55.4 Å². The number of hydrogen-bond acceptors (Lipinski definition) is 3. The summed E-state index contributed by atoms with van der Waals surface area (Å²) in [6, 6.07) is 14.1. The Morgan fingerprint density at radius 2 is 1.82 bits per heavy atom.